The molecule has 3 aromatic rings. The van der Waals surface area contributed by atoms with E-state index in [2.05, 4.69) is 10.3 Å². The van der Waals surface area contributed by atoms with E-state index >= 15 is 0 Å². The average molecular weight is 499 g/mol. The summed E-state index contributed by atoms with van der Waals surface area (Å²) in [6.45, 7) is 4.33. The lowest BCUT2D eigenvalue weighted by atomic mass is 10.0. The monoisotopic (exact) mass is 498 g/mol. The number of ketones is 1. The molecule has 0 spiro atoms. The third kappa shape index (κ3) is 4.83. The third-order valence-corrected chi connectivity index (χ3v) is 7.16. The molecular weight excluding hydrogens is 468 g/mol. The zero-order valence-corrected chi connectivity index (χ0v) is 21.0. The Morgan fingerprint density at radius 1 is 1.00 bits per heavy atom. The third-order valence-electron chi connectivity index (χ3n) is 7.16. The van der Waals surface area contributed by atoms with Crippen LogP contribution in [0.25, 0.3) is 10.9 Å². The number of fused-ring (bicyclic) bond motifs is 2. The number of benzene rings is 2. The molecule has 2 saturated heterocycles. The summed E-state index contributed by atoms with van der Waals surface area (Å²) in [5.74, 6) is -0.826. The van der Waals surface area contributed by atoms with Crippen LogP contribution < -0.4 is 5.32 Å². The van der Waals surface area contributed by atoms with Gasteiger partial charge in [-0.15, -0.1) is 0 Å². The van der Waals surface area contributed by atoms with Crippen LogP contribution in [0, 0.1) is 5.92 Å². The number of carbonyl (C=O) groups is 4. The molecule has 1 N–H and O–H groups in total. The summed E-state index contributed by atoms with van der Waals surface area (Å²) in [5, 5.41) is 3.76. The van der Waals surface area contributed by atoms with Gasteiger partial charge in [-0.2, -0.15) is 0 Å². The van der Waals surface area contributed by atoms with Crippen molar-refractivity contribution < 1.29 is 19.2 Å². The second-order valence-corrected chi connectivity index (χ2v) is 10.2. The normalized spacial score (nSPS) is 19.8. The fourth-order valence-corrected chi connectivity index (χ4v) is 5.44. The van der Waals surface area contributed by atoms with Crippen molar-refractivity contribution in [1.82, 2.24) is 20.1 Å². The first-order chi connectivity index (χ1) is 17.8. The van der Waals surface area contributed by atoms with E-state index in [9.17, 15) is 19.2 Å². The molecule has 190 valence electrons. The zero-order valence-electron chi connectivity index (χ0n) is 21.0. The Balaban J connectivity index is 1.34. The molecule has 0 unspecified atom stereocenters. The molecule has 2 aliphatic rings. The molecule has 0 bridgehead atoms. The Kier molecular flexibility index (Phi) is 6.74. The Hall–Kier alpha value is -4.07. The SMILES string of the molecule is CC(C)C[C@H](NC(=O)c1ccc2ncccc2c1)C(=O)N1CC[C@@H]2[C@H]1C(=O)CN2C(=O)c1ccccc1. The fraction of sp³-hybridized carbons (Fsp3) is 0.345. The van der Waals surface area contributed by atoms with Gasteiger partial charge < -0.3 is 15.1 Å². The molecular formula is C29H30N4O4. The molecule has 8 heteroatoms. The van der Waals surface area contributed by atoms with Gasteiger partial charge in [-0.25, -0.2) is 0 Å². The van der Waals surface area contributed by atoms with Crippen molar-refractivity contribution in [3.8, 4) is 0 Å². The van der Waals surface area contributed by atoms with E-state index in [4.69, 9.17) is 0 Å². The zero-order chi connectivity index (χ0) is 26.1. The molecule has 5 rings (SSSR count). The molecule has 2 fully saturated rings. The predicted molar refractivity (Wildman–Crippen MR) is 139 cm³/mol. The maximum atomic E-state index is 13.7. The number of likely N-dealkylation sites (tertiary alicyclic amines) is 2. The molecule has 3 atom stereocenters. The predicted octanol–water partition coefficient (Wildman–Crippen LogP) is 3.07. The van der Waals surface area contributed by atoms with Crippen LogP contribution in [-0.2, 0) is 9.59 Å². The first-order valence-corrected chi connectivity index (χ1v) is 12.7. The summed E-state index contributed by atoms with van der Waals surface area (Å²) >= 11 is 0. The van der Waals surface area contributed by atoms with Gasteiger partial charge in [0, 0.05) is 29.3 Å². The van der Waals surface area contributed by atoms with Crippen LogP contribution in [0.3, 0.4) is 0 Å². The van der Waals surface area contributed by atoms with Crippen LogP contribution in [0.2, 0.25) is 0 Å². The highest BCUT2D eigenvalue weighted by Crippen LogP contribution is 2.32. The maximum Gasteiger partial charge on any atom is 0.254 e. The molecule has 2 aliphatic heterocycles. The topological polar surface area (TPSA) is 99.7 Å². The molecule has 0 aliphatic carbocycles. The Bertz CT molecular complexity index is 1360. The summed E-state index contributed by atoms with van der Waals surface area (Å²) in [7, 11) is 0. The molecule has 1 aromatic heterocycles. The number of amides is 3. The minimum Gasteiger partial charge on any atom is -0.340 e. The summed E-state index contributed by atoms with van der Waals surface area (Å²) in [6, 6.07) is 16.0. The first-order valence-electron chi connectivity index (χ1n) is 12.7. The van der Waals surface area contributed by atoms with E-state index in [0.29, 0.717) is 30.5 Å². The van der Waals surface area contributed by atoms with Crippen molar-refractivity contribution in [3.63, 3.8) is 0 Å². The summed E-state index contributed by atoms with van der Waals surface area (Å²) < 4.78 is 0. The average Bonchev–Trinajstić information content (AvgIpc) is 3.48. The van der Waals surface area contributed by atoms with E-state index < -0.39 is 12.1 Å². The number of hydrogen-bond acceptors (Lipinski definition) is 5. The van der Waals surface area contributed by atoms with Crippen LogP contribution in [0.1, 0.15) is 47.4 Å². The van der Waals surface area contributed by atoms with Crippen molar-refractivity contribution in [2.45, 2.75) is 44.8 Å². The largest absolute Gasteiger partial charge is 0.340 e. The van der Waals surface area contributed by atoms with Gasteiger partial charge in [0.2, 0.25) is 5.91 Å². The van der Waals surface area contributed by atoms with Crippen molar-refractivity contribution in [2.24, 2.45) is 5.92 Å². The van der Waals surface area contributed by atoms with E-state index in [1.165, 1.54) is 0 Å². The van der Waals surface area contributed by atoms with Crippen molar-refractivity contribution >= 4 is 34.4 Å². The van der Waals surface area contributed by atoms with Gasteiger partial charge in [0.25, 0.3) is 11.8 Å². The van der Waals surface area contributed by atoms with Crippen LogP contribution in [-0.4, -0.2) is 69.5 Å². The lowest BCUT2D eigenvalue weighted by Gasteiger charge is -2.29. The highest BCUT2D eigenvalue weighted by Gasteiger charge is 2.52. The summed E-state index contributed by atoms with van der Waals surface area (Å²) in [6.07, 6.45) is 2.66. The lowest BCUT2D eigenvalue weighted by Crippen LogP contribution is -2.53. The van der Waals surface area contributed by atoms with Crippen LogP contribution in [0.4, 0.5) is 0 Å². The summed E-state index contributed by atoms with van der Waals surface area (Å²) in [4.78, 5) is 60.5. The quantitative estimate of drug-likeness (QED) is 0.563. The molecule has 37 heavy (non-hydrogen) atoms. The highest BCUT2D eigenvalue weighted by atomic mass is 16.2. The van der Waals surface area contributed by atoms with Crippen LogP contribution >= 0.6 is 0 Å². The number of nitrogens with one attached hydrogen (secondary N) is 1. The van der Waals surface area contributed by atoms with Gasteiger partial charge in [-0.3, -0.25) is 24.2 Å². The highest BCUT2D eigenvalue weighted by molar-refractivity contribution is 6.04. The second kappa shape index (κ2) is 10.1. The number of hydrogen-bond donors (Lipinski definition) is 1. The molecule has 8 nitrogen and oxygen atoms in total. The molecule has 0 radical (unpaired) electrons. The van der Waals surface area contributed by atoms with Gasteiger partial charge in [-0.1, -0.05) is 38.1 Å². The van der Waals surface area contributed by atoms with E-state index in [1.807, 2.05) is 32.0 Å². The molecule has 0 saturated carbocycles. The minimum atomic E-state index is -0.775. The van der Waals surface area contributed by atoms with E-state index in [-0.39, 0.29) is 42.0 Å². The van der Waals surface area contributed by atoms with E-state index in [1.54, 1.807) is 58.5 Å². The van der Waals surface area contributed by atoms with Gasteiger partial charge in [-0.05, 0) is 55.2 Å². The smallest absolute Gasteiger partial charge is 0.254 e. The van der Waals surface area contributed by atoms with E-state index in [0.717, 1.165) is 10.9 Å². The first kappa shape index (κ1) is 24.6. The number of aromatic nitrogens is 1. The molecule has 3 amide bonds. The minimum absolute atomic E-state index is 0.0147. The van der Waals surface area contributed by atoms with Crippen LogP contribution in [0.15, 0.2) is 66.9 Å². The number of Topliss-reactive ketones (excluding diaryl/α,β-unsaturated/α-hetero) is 1. The molecule has 2 aromatic carbocycles. The van der Waals surface area contributed by atoms with Gasteiger partial charge in [0.05, 0.1) is 18.1 Å². The summed E-state index contributed by atoms with van der Waals surface area (Å²) in [5.41, 5.74) is 1.75. The number of nitrogens with zero attached hydrogens (tertiary/aromatic N) is 3. The second-order valence-electron chi connectivity index (χ2n) is 10.2. The van der Waals surface area contributed by atoms with Crippen molar-refractivity contribution in [3.05, 3.63) is 78.0 Å². The van der Waals surface area contributed by atoms with Crippen LogP contribution in [0.5, 0.6) is 0 Å². The lowest BCUT2D eigenvalue weighted by molar-refractivity contribution is -0.138. The fourth-order valence-electron chi connectivity index (χ4n) is 5.44. The molecule has 3 heterocycles. The number of carbonyl (C=O) groups excluding carboxylic acids is 4. The van der Waals surface area contributed by atoms with Crippen molar-refractivity contribution in [2.75, 3.05) is 13.1 Å². The van der Waals surface area contributed by atoms with Gasteiger partial charge in [0.15, 0.2) is 5.78 Å². The number of rotatable bonds is 6. The van der Waals surface area contributed by atoms with Gasteiger partial charge >= 0.3 is 0 Å². The Morgan fingerprint density at radius 2 is 1.78 bits per heavy atom. The standard InChI is InChI=1S/C29H30N4O4/c1-18(2)15-23(31-27(35)21-10-11-22-20(16-21)9-6-13-30-22)29(37)32-14-12-24-26(32)25(34)17-33(24)28(36)19-7-4-3-5-8-19/h3-11,13,16,18,23-24,26H,12,14-15,17H2,1-2H3,(H,31,35)/t23-,24+,26-/m0/s1. The maximum absolute atomic E-state index is 13.7. The number of pyridine rings is 1. The van der Waals surface area contributed by atoms with Gasteiger partial charge in [0.1, 0.15) is 12.1 Å². The Labute approximate surface area is 215 Å². The Morgan fingerprint density at radius 3 is 2.54 bits per heavy atom. The van der Waals surface area contributed by atoms with Crippen molar-refractivity contribution in [1.29, 1.82) is 0 Å².